The van der Waals surface area contributed by atoms with E-state index in [1.165, 1.54) is 0 Å². The minimum atomic E-state index is -3.23. The number of hydrogen-bond donors (Lipinski definition) is 0. The van der Waals surface area contributed by atoms with Crippen LogP contribution in [0.5, 0.6) is 0 Å². The second-order valence-electron chi connectivity index (χ2n) is 8.67. The van der Waals surface area contributed by atoms with E-state index in [1.54, 1.807) is 0 Å². The van der Waals surface area contributed by atoms with E-state index in [-0.39, 0.29) is 0 Å². The maximum atomic E-state index is 5.28. The molecule has 164 valence electrons. The molecule has 0 rings (SSSR count). The van der Waals surface area contributed by atoms with Gasteiger partial charge in [-0.3, -0.25) is 0 Å². The van der Waals surface area contributed by atoms with Crippen molar-refractivity contribution in [1.82, 2.24) is 16.7 Å². The van der Waals surface area contributed by atoms with Crippen molar-refractivity contribution in [3.8, 4) is 0 Å². The first-order valence-corrected chi connectivity index (χ1v) is 15.7. The van der Waals surface area contributed by atoms with Crippen LogP contribution in [0.3, 0.4) is 0 Å². The molecule has 0 atom stereocenters. The van der Waals surface area contributed by atoms with Gasteiger partial charge in [-0.15, -0.1) is 0 Å². The molecule has 0 aliphatic heterocycles. The normalized spacial score (nSPS) is 13.5. The zero-order chi connectivity index (χ0) is 21.4. The summed E-state index contributed by atoms with van der Waals surface area (Å²) in [6.45, 7) is 21.9. The molecule has 0 radical (unpaired) electrons. The Morgan fingerprint density at radius 2 is 0.815 bits per heavy atom. The summed E-state index contributed by atoms with van der Waals surface area (Å²) in [5, 5.41) is 0. The average molecular weight is 556 g/mol. The molecule has 0 bridgehead atoms. The fourth-order valence-electron chi connectivity index (χ4n) is 3.61. The first-order valence-electron chi connectivity index (χ1n) is 10.4. The monoisotopic (exact) mass is 556 g/mol. The van der Waals surface area contributed by atoms with Gasteiger partial charge in [-0.2, -0.15) is 0 Å². The van der Waals surface area contributed by atoms with Crippen LogP contribution in [-0.4, -0.2) is 95.3 Å². The third-order valence-corrected chi connectivity index (χ3v) is 15.7. The summed E-state index contributed by atoms with van der Waals surface area (Å²) in [4.78, 5) is 5.04. The van der Waals surface area contributed by atoms with E-state index in [0.29, 0.717) is 24.2 Å². The molecule has 0 N–H and O–H groups in total. The summed E-state index contributed by atoms with van der Waals surface area (Å²) in [6.07, 6.45) is 0. The molecular weight excluding hydrogens is 508 g/mol. The molecule has 7 heteroatoms. The van der Waals surface area contributed by atoms with Crippen molar-refractivity contribution in [3.05, 3.63) is 0 Å². The summed E-state index contributed by atoms with van der Waals surface area (Å²) in [7, 11) is 8.64. The van der Waals surface area contributed by atoms with E-state index >= 15 is 0 Å². The van der Waals surface area contributed by atoms with Crippen molar-refractivity contribution < 1.29 is 16.2 Å². The molecule has 0 aromatic heterocycles. The summed E-state index contributed by atoms with van der Waals surface area (Å²) in [5.74, 6) is 0. The molecule has 0 saturated carbocycles. The van der Waals surface area contributed by atoms with Gasteiger partial charge in [-0.1, -0.05) is 0 Å². The van der Waals surface area contributed by atoms with Crippen LogP contribution in [0.2, 0.25) is 0 Å². The standard InChI is InChI=1S/2C8H18N2.2C2H6N.W/c2*1-7(2)10(6-5-9)8(3)4;2*1-3-2;/h2*7-8H,5-6H2,1-4H3;2*1-2H3;/q;;2*-1;+2. The van der Waals surface area contributed by atoms with E-state index in [4.69, 9.17) is 6.99 Å². The van der Waals surface area contributed by atoms with Gasteiger partial charge in [0, 0.05) is 0 Å². The third-order valence-electron chi connectivity index (χ3n) is 4.88. The second kappa shape index (κ2) is 12.6. The predicted octanol–water partition coefficient (Wildman–Crippen LogP) is 3.70. The van der Waals surface area contributed by atoms with Crippen molar-refractivity contribution in [1.29, 1.82) is 0 Å². The Bertz CT molecular complexity index is 451. The quantitative estimate of drug-likeness (QED) is 0.368. The average Bonchev–Trinajstić information content (AvgIpc) is 2.51. The van der Waals surface area contributed by atoms with Gasteiger partial charge in [0.1, 0.15) is 0 Å². The van der Waals surface area contributed by atoms with Crippen LogP contribution >= 0.6 is 0 Å². The van der Waals surface area contributed by atoms with Gasteiger partial charge in [0.2, 0.25) is 0 Å². The fourth-order valence-corrected chi connectivity index (χ4v) is 11.9. The molecule has 27 heavy (non-hydrogen) atoms. The van der Waals surface area contributed by atoms with E-state index in [9.17, 15) is 0 Å². The zero-order valence-electron chi connectivity index (χ0n) is 20.2. The Morgan fingerprint density at radius 1 is 0.556 bits per heavy atom. The van der Waals surface area contributed by atoms with Gasteiger partial charge >= 0.3 is 174 Å². The van der Waals surface area contributed by atoms with Crippen LogP contribution in [0.1, 0.15) is 55.4 Å². The van der Waals surface area contributed by atoms with Crippen molar-refractivity contribution in [3.63, 3.8) is 0 Å². The molecule has 0 fully saturated rings. The molecule has 0 heterocycles. The van der Waals surface area contributed by atoms with E-state index < -0.39 is 16.2 Å². The van der Waals surface area contributed by atoms with Gasteiger partial charge in [-0.25, -0.2) is 0 Å². The Labute approximate surface area is 173 Å². The fraction of sp³-hybridized carbons (Fsp3) is 1.00. The Morgan fingerprint density at radius 3 is 1.00 bits per heavy atom. The Balaban J connectivity index is 5.54. The van der Waals surface area contributed by atoms with Crippen LogP contribution in [-0.2, 0) is 16.2 Å². The van der Waals surface area contributed by atoms with Gasteiger partial charge in [0.15, 0.2) is 0 Å². The molecular formula is C20H48N6W. The summed E-state index contributed by atoms with van der Waals surface area (Å²) in [5.41, 5.74) is 0. The number of hydrogen-bond acceptors (Lipinski definition) is 4. The molecule has 0 saturated heterocycles. The second-order valence-corrected chi connectivity index (χ2v) is 19.3. The Hall–Kier alpha value is 0.128. The predicted molar refractivity (Wildman–Crippen MR) is 116 cm³/mol. The molecule has 0 aromatic carbocycles. The Kier molecular flexibility index (Phi) is 12.7. The van der Waals surface area contributed by atoms with E-state index in [0.717, 1.165) is 26.2 Å². The maximum absolute atomic E-state index is 5.28. The van der Waals surface area contributed by atoms with Crippen LogP contribution in [0, 0.1) is 0 Å². The molecule has 0 aliphatic rings. The first-order chi connectivity index (χ1) is 12.4. The number of nitrogens with zero attached hydrogens (tertiary/aromatic N) is 6. The molecule has 0 unspecified atom stereocenters. The van der Waals surface area contributed by atoms with Gasteiger partial charge in [0.05, 0.1) is 0 Å². The van der Waals surface area contributed by atoms with Crippen LogP contribution < -0.4 is 0 Å². The van der Waals surface area contributed by atoms with E-state index in [2.05, 4.69) is 100 Å². The summed E-state index contributed by atoms with van der Waals surface area (Å²) in [6, 6.07) is 2.19. The van der Waals surface area contributed by atoms with Crippen molar-refractivity contribution in [2.45, 2.75) is 79.6 Å². The van der Waals surface area contributed by atoms with Gasteiger partial charge < -0.3 is 0 Å². The van der Waals surface area contributed by atoms with Gasteiger partial charge in [-0.05, 0) is 0 Å². The van der Waals surface area contributed by atoms with E-state index in [1.807, 2.05) is 0 Å². The topological polar surface area (TPSA) is 37.7 Å². The molecule has 0 amide bonds. The van der Waals surface area contributed by atoms with Gasteiger partial charge in [0.25, 0.3) is 0 Å². The first kappa shape index (κ1) is 27.1. The SMILES string of the molecule is CC(C)N(CC[N]=[W](=[N]CCN(C(C)C)C(C)C)([N](C)C)[N](C)C)C(C)C. The third kappa shape index (κ3) is 8.57. The summed E-state index contributed by atoms with van der Waals surface area (Å²) >= 11 is -3.23. The molecule has 0 spiro atoms. The van der Waals surface area contributed by atoms with Crippen molar-refractivity contribution in [2.24, 2.45) is 6.99 Å². The van der Waals surface area contributed by atoms with Crippen LogP contribution in [0.15, 0.2) is 6.99 Å². The van der Waals surface area contributed by atoms with Crippen molar-refractivity contribution >= 4 is 0 Å². The molecule has 0 aromatic rings. The molecule has 6 nitrogen and oxygen atoms in total. The minimum absolute atomic E-state index is 0.547. The van der Waals surface area contributed by atoms with Crippen molar-refractivity contribution in [2.75, 3.05) is 54.4 Å². The summed E-state index contributed by atoms with van der Waals surface area (Å²) < 4.78 is 15.2. The zero-order valence-corrected chi connectivity index (χ0v) is 23.2. The van der Waals surface area contributed by atoms with Crippen LogP contribution in [0.25, 0.3) is 0 Å². The number of rotatable bonds is 12. The molecule has 0 aliphatic carbocycles. The van der Waals surface area contributed by atoms with Crippen LogP contribution in [0.4, 0.5) is 0 Å².